The Balaban J connectivity index is 2.32. The number of fused-ring (bicyclic) bond motifs is 1. The molecule has 2 N–H and O–H groups in total. The normalized spacial score (nSPS) is 14.7. The molecule has 96 valence electrons. The van der Waals surface area contributed by atoms with E-state index in [1.165, 1.54) is 0 Å². The zero-order valence-corrected chi connectivity index (χ0v) is 11.9. The van der Waals surface area contributed by atoms with Crippen molar-refractivity contribution in [2.24, 2.45) is 0 Å². The molecule has 0 spiro atoms. The van der Waals surface area contributed by atoms with Crippen molar-refractivity contribution in [3.05, 3.63) is 41.0 Å². The average molecular weight is 331 g/mol. The standard InChI is InChI=1S/C13H13BrClNO2/c14-6-5-11(17)13(18)9-1-3-10-8(7-9)2-4-12(15)16-10/h1-4,7,11,13,17-18H,5-6H2. The lowest BCUT2D eigenvalue weighted by Gasteiger charge is -2.17. The Morgan fingerprint density at radius 3 is 2.72 bits per heavy atom. The van der Waals surface area contributed by atoms with E-state index in [0.717, 1.165) is 10.9 Å². The summed E-state index contributed by atoms with van der Waals surface area (Å²) in [5.41, 5.74) is 1.45. The van der Waals surface area contributed by atoms with Crippen molar-refractivity contribution < 1.29 is 10.2 Å². The highest BCUT2D eigenvalue weighted by Gasteiger charge is 2.17. The Morgan fingerprint density at radius 2 is 2.00 bits per heavy atom. The molecular weight excluding hydrogens is 318 g/mol. The van der Waals surface area contributed by atoms with Gasteiger partial charge in [0.15, 0.2) is 0 Å². The van der Waals surface area contributed by atoms with Crippen LogP contribution in [-0.2, 0) is 0 Å². The molecule has 3 nitrogen and oxygen atoms in total. The van der Waals surface area contributed by atoms with Gasteiger partial charge in [-0.15, -0.1) is 0 Å². The molecule has 0 radical (unpaired) electrons. The van der Waals surface area contributed by atoms with Gasteiger partial charge >= 0.3 is 0 Å². The lowest BCUT2D eigenvalue weighted by Crippen LogP contribution is -2.18. The van der Waals surface area contributed by atoms with Gasteiger partial charge in [-0.25, -0.2) is 4.98 Å². The lowest BCUT2D eigenvalue weighted by atomic mass is 10.0. The highest BCUT2D eigenvalue weighted by Crippen LogP contribution is 2.24. The largest absolute Gasteiger partial charge is 0.390 e. The van der Waals surface area contributed by atoms with Crippen LogP contribution in [0.2, 0.25) is 5.15 Å². The van der Waals surface area contributed by atoms with E-state index < -0.39 is 12.2 Å². The van der Waals surface area contributed by atoms with Crippen molar-refractivity contribution in [1.29, 1.82) is 0 Å². The summed E-state index contributed by atoms with van der Waals surface area (Å²) in [6.45, 7) is 0. The lowest BCUT2D eigenvalue weighted by molar-refractivity contribution is 0.0174. The number of hydrogen-bond acceptors (Lipinski definition) is 3. The molecule has 2 rings (SSSR count). The molecule has 18 heavy (non-hydrogen) atoms. The molecule has 0 aliphatic carbocycles. The van der Waals surface area contributed by atoms with Crippen LogP contribution in [0.4, 0.5) is 0 Å². The Bertz CT molecular complexity index is 550. The molecular formula is C13H13BrClNO2. The molecule has 0 saturated carbocycles. The van der Waals surface area contributed by atoms with Gasteiger partial charge in [0.2, 0.25) is 0 Å². The van der Waals surface area contributed by atoms with Crippen molar-refractivity contribution in [2.45, 2.75) is 18.6 Å². The summed E-state index contributed by atoms with van der Waals surface area (Å²) in [6.07, 6.45) is -1.16. The molecule has 5 heteroatoms. The summed E-state index contributed by atoms with van der Waals surface area (Å²) < 4.78 is 0. The summed E-state index contributed by atoms with van der Waals surface area (Å²) in [7, 11) is 0. The molecule has 1 heterocycles. The Hall–Kier alpha value is -0.680. The first-order valence-electron chi connectivity index (χ1n) is 5.60. The second-order valence-electron chi connectivity index (χ2n) is 4.08. The second-order valence-corrected chi connectivity index (χ2v) is 5.26. The molecule has 2 unspecified atom stereocenters. The number of aliphatic hydroxyl groups is 2. The third-order valence-corrected chi connectivity index (χ3v) is 3.46. The fourth-order valence-corrected chi connectivity index (χ4v) is 2.42. The van der Waals surface area contributed by atoms with Crippen LogP contribution >= 0.6 is 27.5 Å². The van der Waals surface area contributed by atoms with Gasteiger partial charge in [0.05, 0.1) is 11.6 Å². The maximum absolute atomic E-state index is 10.0. The number of hydrogen-bond donors (Lipinski definition) is 2. The van der Waals surface area contributed by atoms with Crippen LogP contribution in [-0.4, -0.2) is 26.6 Å². The molecule has 0 aliphatic rings. The maximum Gasteiger partial charge on any atom is 0.129 e. The molecule has 1 aromatic heterocycles. The van der Waals surface area contributed by atoms with E-state index in [2.05, 4.69) is 20.9 Å². The van der Waals surface area contributed by atoms with E-state index in [4.69, 9.17) is 11.6 Å². The molecule has 2 aromatic rings. The first kappa shape index (κ1) is 13.7. The SMILES string of the molecule is OC(CCBr)C(O)c1ccc2nc(Cl)ccc2c1. The zero-order chi connectivity index (χ0) is 13.1. The van der Waals surface area contributed by atoms with E-state index >= 15 is 0 Å². The van der Waals surface area contributed by atoms with Gasteiger partial charge < -0.3 is 10.2 Å². The van der Waals surface area contributed by atoms with Gasteiger partial charge in [-0.2, -0.15) is 0 Å². The smallest absolute Gasteiger partial charge is 0.129 e. The van der Waals surface area contributed by atoms with E-state index in [-0.39, 0.29) is 0 Å². The van der Waals surface area contributed by atoms with Crippen molar-refractivity contribution in [1.82, 2.24) is 4.98 Å². The van der Waals surface area contributed by atoms with Gasteiger partial charge in [0.1, 0.15) is 11.3 Å². The average Bonchev–Trinajstić information content (AvgIpc) is 2.37. The van der Waals surface area contributed by atoms with E-state index in [1.807, 2.05) is 12.1 Å². The highest BCUT2D eigenvalue weighted by molar-refractivity contribution is 9.09. The third-order valence-electron chi connectivity index (χ3n) is 2.79. The first-order valence-corrected chi connectivity index (χ1v) is 7.10. The van der Waals surface area contributed by atoms with Crippen LogP contribution < -0.4 is 0 Å². The van der Waals surface area contributed by atoms with Crippen molar-refractivity contribution >= 4 is 38.4 Å². The summed E-state index contributed by atoms with van der Waals surface area (Å²) in [6, 6.07) is 8.92. The number of aliphatic hydroxyl groups excluding tert-OH is 2. The number of aromatic nitrogens is 1. The van der Waals surface area contributed by atoms with E-state index in [0.29, 0.717) is 22.5 Å². The van der Waals surface area contributed by atoms with Crippen molar-refractivity contribution in [3.8, 4) is 0 Å². The number of halogens is 2. The monoisotopic (exact) mass is 329 g/mol. The predicted molar refractivity (Wildman–Crippen MR) is 76.1 cm³/mol. The van der Waals surface area contributed by atoms with Gasteiger partial charge in [-0.1, -0.05) is 33.6 Å². The van der Waals surface area contributed by atoms with Crippen LogP contribution in [0.1, 0.15) is 18.1 Å². The van der Waals surface area contributed by atoms with Crippen molar-refractivity contribution in [2.75, 3.05) is 5.33 Å². The number of rotatable bonds is 4. The van der Waals surface area contributed by atoms with Crippen LogP contribution in [0.3, 0.4) is 0 Å². The molecule has 0 aliphatic heterocycles. The quantitative estimate of drug-likeness (QED) is 0.669. The summed E-state index contributed by atoms with van der Waals surface area (Å²) in [5, 5.41) is 21.8. The van der Waals surface area contributed by atoms with Gasteiger partial charge in [-0.3, -0.25) is 0 Å². The highest BCUT2D eigenvalue weighted by atomic mass is 79.9. The molecule has 2 atom stereocenters. The summed E-state index contributed by atoms with van der Waals surface area (Å²) in [5.74, 6) is 0. The minimum absolute atomic E-state index is 0.440. The summed E-state index contributed by atoms with van der Waals surface area (Å²) >= 11 is 9.05. The maximum atomic E-state index is 10.0. The minimum Gasteiger partial charge on any atom is -0.390 e. The topological polar surface area (TPSA) is 53.4 Å². The Morgan fingerprint density at radius 1 is 1.22 bits per heavy atom. The van der Waals surface area contributed by atoms with Gasteiger partial charge in [0, 0.05) is 10.7 Å². The number of pyridine rings is 1. The van der Waals surface area contributed by atoms with Crippen LogP contribution in [0.5, 0.6) is 0 Å². The van der Waals surface area contributed by atoms with Crippen LogP contribution in [0.15, 0.2) is 30.3 Å². The van der Waals surface area contributed by atoms with Gasteiger partial charge in [0.25, 0.3) is 0 Å². The molecule has 1 aromatic carbocycles. The van der Waals surface area contributed by atoms with Crippen molar-refractivity contribution in [3.63, 3.8) is 0 Å². The number of benzene rings is 1. The molecule has 0 fully saturated rings. The van der Waals surface area contributed by atoms with Crippen LogP contribution in [0.25, 0.3) is 10.9 Å². The van der Waals surface area contributed by atoms with E-state index in [1.54, 1.807) is 18.2 Å². The number of nitrogens with zero attached hydrogens (tertiary/aromatic N) is 1. The second kappa shape index (κ2) is 5.97. The Labute approximate surface area is 119 Å². The minimum atomic E-state index is -0.886. The third kappa shape index (κ3) is 3.01. The first-order chi connectivity index (χ1) is 8.61. The Kier molecular flexibility index (Phi) is 4.56. The van der Waals surface area contributed by atoms with Gasteiger partial charge in [-0.05, 0) is 36.2 Å². The molecule has 0 saturated heterocycles. The predicted octanol–water partition coefficient (Wildman–Crippen LogP) is 3.07. The fraction of sp³-hybridized carbons (Fsp3) is 0.308. The van der Waals surface area contributed by atoms with E-state index in [9.17, 15) is 10.2 Å². The zero-order valence-electron chi connectivity index (χ0n) is 9.55. The molecule has 0 bridgehead atoms. The number of alkyl halides is 1. The fourth-order valence-electron chi connectivity index (χ4n) is 1.79. The molecule has 0 amide bonds. The summed E-state index contributed by atoms with van der Waals surface area (Å²) in [4.78, 5) is 4.17. The van der Waals surface area contributed by atoms with Crippen LogP contribution in [0, 0.1) is 0 Å².